The van der Waals surface area contributed by atoms with Gasteiger partial charge in [0.15, 0.2) is 0 Å². The highest BCUT2D eigenvalue weighted by Crippen LogP contribution is 2.37. The molecule has 2 fully saturated rings. The number of ether oxygens (including phenoxy) is 2. The van der Waals surface area contributed by atoms with Gasteiger partial charge in [0.1, 0.15) is 0 Å². The van der Waals surface area contributed by atoms with Crippen molar-refractivity contribution in [2.45, 2.75) is 56.8 Å². The molecule has 1 N–H and O–H groups in total. The molecule has 1 amide bonds. The summed E-state index contributed by atoms with van der Waals surface area (Å²) < 4.78 is 10.5. The number of hydrogen-bond acceptors (Lipinski definition) is 4. The number of methoxy groups -OCH3 is 2. The first-order chi connectivity index (χ1) is 9.16. The van der Waals surface area contributed by atoms with Crippen LogP contribution in [0.4, 0.5) is 0 Å². The fourth-order valence-electron chi connectivity index (χ4n) is 3.34. The van der Waals surface area contributed by atoms with Gasteiger partial charge in [-0.25, -0.2) is 0 Å². The summed E-state index contributed by atoms with van der Waals surface area (Å²) in [5, 5.41) is 3.57. The molecular formula is C14H26N2O3. The number of amides is 1. The number of carbonyl (C=O) groups is 1. The Morgan fingerprint density at radius 1 is 1.42 bits per heavy atom. The van der Waals surface area contributed by atoms with E-state index < -0.39 is 0 Å². The van der Waals surface area contributed by atoms with Gasteiger partial charge in [-0.05, 0) is 19.3 Å². The van der Waals surface area contributed by atoms with Crippen LogP contribution in [0, 0.1) is 0 Å². The summed E-state index contributed by atoms with van der Waals surface area (Å²) in [6, 6.07) is 0. The van der Waals surface area contributed by atoms with Crippen LogP contribution >= 0.6 is 0 Å². The van der Waals surface area contributed by atoms with E-state index in [2.05, 4.69) is 12.2 Å². The quantitative estimate of drug-likeness (QED) is 0.786. The van der Waals surface area contributed by atoms with Crippen molar-refractivity contribution < 1.29 is 14.3 Å². The summed E-state index contributed by atoms with van der Waals surface area (Å²) in [7, 11) is 3.33. The van der Waals surface area contributed by atoms with Gasteiger partial charge in [0.05, 0.1) is 31.0 Å². The zero-order valence-electron chi connectivity index (χ0n) is 12.3. The number of rotatable bonds is 6. The number of hydrogen-bond donors (Lipinski definition) is 1. The highest BCUT2D eigenvalue weighted by atomic mass is 16.5. The molecule has 2 atom stereocenters. The Balaban J connectivity index is 2.07. The third-order valence-electron chi connectivity index (χ3n) is 4.42. The van der Waals surface area contributed by atoms with Crippen LogP contribution in [0.3, 0.4) is 0 Å². The molecule has 1 saturated carbocycles. The van der Waals surface area contributed by atoms with Crippen LogP contribution in [0.1, 0.15) is 39.0 Å². The largest absolute Gasteiger partial charge is 0.382 e. The highest BCUT2D eigenvalue weighted by molar-refractivity contribution is 5.89. The maximum absolute atomic E-state index is 12.7. The van der Waals surface area contributed by atoms with Gasteiger partial charge in [-0.15, -0.1) is 0 Å². The molecule has 1 spiro atoms. The van der Waals surface area contributed by atoms with Crippen molar-refractivity contribution in [3.8, 4) is 0 Å². The van der Waals surface area contributed by atoms with Crippen LogP contribution in [-0.4, -0.2) is 56.0 Å². The molecule has 0 bridgehead atoms. The molecule has 2 aliphatic rings. The second-order valence-electron chi connectivity index (χ2n) is 5.63. The van der Waals surface area contributed by atoms with E-state index in [-0.39, 0.29) is 23.7 Å². The first-order valence-corrected chi connectivity index (χ1v) is 7.27. The van der Waals surface area contributed by atoms with Crippen molar-refractivity contribution in [3.05, 3.63) is 0 Å². The number of carbonyl (C=O) groups excluding carboxylic acids is 1. The number of nitrogens with zero attached hydrogens (tertiary/aromatic N) is 1. The van der Waals surface area contributed by atoms with Gasteiger partial charge in [-0.1, -0.05) is 19.8 Å². The zero-order valence-corrected chi connectivity index (χ0v) is 12.3. The normalized spacial score (nSPS) is 27.4. The van der Waals surface area contributed by atoms with Crippen LogP contribution in [0.25, 0.3) is 0 Å². The van der Waals surface area contributed by atoms with Crippen molar-refractivity contribution in [2.24, 2.45) is 0 Å². The van der Waals surface area contributed by atoms with Gasteiger partial charge in [0.25, 0.3) is 0 Å². The Morgan fingerprint density at radius 2 is 2.11 bits per heavy atom. The average Bonchev–Trinajstić information content (AvgIpc) is 2.99. The van der Waals surface area contributed by atoms with Crippen molar-refractivity contribution in [2.75, 3.05) is 27.4 Å². The van der Waals surface area contributed by atoms with Crippen molar-refractivity contribution in [1.29, 1.82) is 0 Å². The second-order valence-corrected chi connectivity index (χ2v) is 5.63. The maximum atomic E-state index is 12.7. The minimum Gasteiger partial charge on any atom is -0.382 e. The predicted octanol–water partition coefficient (Wildman–Crippen LogP) is 1.13. The molecule has 1 aliphatic carbocycles. The molecule has 0 aromatic heterocycles. The summed E-state index contributed by atoms with van der Waals surface area (Å²) in [5.41, 5.74) is -0.286. The van der Waals surface area contributed by atoms with Crippen LogP contribution in [0.2, 0.25) is 0 Å². The Bertz CT molecular complexity index is 316. The Kier molecular flexibility index (Phi) is 4.81. The minimum atomic E-state index is -0.286. The molecule has 5 heteroatoms. The van der Waals surface area contributed by atoms with Gasteiger partial charge in [0, 0.05) is 14.2 Å². The molecule has 2 unspecified atom stereocenters. The second kappa shape index (κ2) is 6.20. The maximum Gasteiger partial charge on any atom is 0.244 e. The van der Waals surface area contributed by atoms with E-state index in [0.29, 0.717) is 13.2 Å². The minimum absolute atomic E-state index is 0.0543. The lowest BCUT2D eigenvalue weighted by Gasteiger charge is -2.27. The summed E-state index contributed by atoms with van der Waals surface area (Å²) in [4.78, 5) is 14.7. The van der Waals surface area contributed by atoms with Gasteiger partial charge >= 0.3 is 0 Å². The summed E-state index contributed by atoms with van der Waals surface area (Å²) in [6.07, 6.45) is 5.25. The monoisotopic (exact) mass is 270 g/mol. The first kappa shape index (κ1) is 14.8. The molecule has 1 saturated heterocycles. The van der Waals surface area contributed by atoms with E-state index >= 15 is 0 Å². The van der Waals surface area contributed by atoms with Crippen LogP contribution in [0.15, 0.2) is 0 Å². The van der Waals surface area contributed by atoms with Crippen LogP contribution < -0.4 is 5.32 Å². The molecule has 2 rings (SSSR count). The van der Waals surface area contributed by atoms with Crippen LogP contribution in [-0.2, 0) is 14.3 Å². The highest BCUT2D eigenvalue weighted by Gasteiger charge is 2.51. The molecule has 19 heavy (non-hydrogen) atoms. The standard InChI is InChI=1S/C14H26N2O3/c1-4-12-15-14(7-5-6-8-14)13(17)16(12)9-11(19-3)10-18-2/h11-12,15H,4-10H2,1-3H3. The molecule has 110 valence electrons. The fourth-order valence-corrected chi connectivity index (χ4v) is 3.34. The Labute approximate surface area is 115 Å². The average molecular weight is 270 g/mol. The lowest BCUT2D eigenvalue weighted by Crippen LogP contribution is -2.45. The van der Waals surface area contributed by atoms with Gasteiger partial charge in [-0.2, -0.15) is 0 Å². The Morgan fingerprint density at radius 3 is 2.63 bits per heavy atom. The van der Waals surface area contributed by atoms with E-state index in [1.807, 2.05) is 4.90 Å². The van der Waals surface area contributed by atoms with Crippen LogP contribution in [0.5, 0.6) is 0 Å². The lowest BCUT2D eigenvalue weighted by molar-refractivity contribution is -0.135. The molecule has 1 aliphatic heterocycles. The topological polar surface area (TPSA) is 50.8 Å². The van der Waals surface area contributed by atoms with E-state index in [9.17, 15) is 4.79 Å². The van der Waals surface area contributed by atoms with Gasteiger partial charge < -0.3 is 14.4 Å². The third kappa shape index (κ3) is 2.78. The van der Waals surface area contributed by atoms with Gasteiger partial charge in [-0.3, -0.25) is 10.1 Å². The molecule has 0 aromatic carbocycles. The van der Waals surface area contributed by atoms with Crippen molar-refractivity contribution >= 4 is 5.91 Å². The van der Waals surface area contributed by atoms with E-state index in [0.717, 1.165) is 32.1 Å². The third-order valence-corrected chi connectivity index (χ3v) is 4.42. The number of nitrogens with one attached hydrogen (secondary N) is 1. The molecular weight excluding hydrogens is 244 g/mol. The lowest BCUT2D eigenvalue weighted by atomic mass is 9.98. The Hall–Kier alpha value is -0.650. The SMILES string of the molecule is CCC1NC2(CCCC2)C(=O)N1CC(COC)OC. The van der Waals surface area contributed by atoms with Gasteiger partial charge in [0.2, 0.25) is 5.91 Å². The van der Waals surface area contributed by atoms with E-state index in [1.165, 1.54) is 0 Å². The van der Waals surface area contributed by atoms with E-state index in [4.69, 9.17) is 9.47 Å². The molecule has 5 nitrogen and oxygen atoms in total. The molecule has 0 aromatic rings. The first-order valence-electron chi connectivity index (χ1n) is 7.27. The molecule has 1 heterocycles. The zero-order chi connectivity index (χ0) is 13.9. The smallest absolute Gasteiger partial charge is 0.244 e. The van der Waals surface area contributed by atoms with Crippen molar-refractivity contribution in [1.82, 2.24) is 10.2 Å². The van der Waals surface area contributed by atoms with E-state index in [1.54, 1.807) is 14.2 Å². The van der Waals surface area contributed by atoms with Crippen molar-refractivity contribution in [3.63, 3.8) is 0 Å². The summed E-state index contributed by atoms with van der Waals surface area (Å²) in [5.74, 6) is 0.259. The predicted molar refractivity (Wildman–Crippen MR) is 72.8 cm³/mol. The fraction of sp³-hybridized carbons (Fsp3) is 0.929. The summed E-state index contributed by atoms with van der Waals surface area (Å²) >= 11 is 0. The molecule has 0 radical (unpaired) electrons. The summed E-state index contributed by atoms with van der Waals surface area (Å²) in [6.45, 7) is 3.24.